The molecule has 9 nitrogen and oxygen atoms in total. The maximum absolute atomic E-state index is 14.3. The predicted octanol–water partition coefficient (Wildman–Crippen LogP) is 2.30. The lowest BCUT2D eigenvalue weighted by molar-refractivity contribution is -0.141. The Morgan fingerprint density at radius 2 is 1.70 bits per heavy atom. The van der Waals surface area contributed by atoms with Crippen LogP contribution in [0, 0.1) is 11.8 Å². The zero-order valence-corrected chi connectivity index (χ0v) is 24.2. The number of carbonyl (C=O) groups excluding carboxylic acids is 4. The minimum atomic E-state index is -0.623. The Balaban J connectivity index is 1.39. The molecule has 3 fully saturated rings. The van der Waals surface area contributed by atoms with Crippen molar-refractivity contribution < 1.29 is 19.2 Å². The van der Waals surface area contributed by atoms with Crippen molar-refractivity contribution in [2.75, 3.05) is 20.1 Å². The molecule has 0 spiro atoms. The van der Waals surface area contributed by atoms with Crippen molar-refractivity contribution in [1.82, 2.24) is 25.8 Å². The van der Waals surface area contributed by atoms with E-state index in [0.29, 0.717) is 19.5 Å². The number of hydrogen-bond acceptors (Lipinski definition) is 5. The predicted molar refractivity (Wildman–Crippen MR) is 152 cm³/mol. The molecule has 0 unspecified atom stereocenters. The first-order valence-corrected chi connectivity index (χ1v) is 15.2. The van der Waals surface area contributed by atoms with Crippen molar-refractivity contribution in [3.63, 3.8) is 0 Å². The van der Waals surface area contributed by atoms with Gasteiger partial charge < -0.3 is 25.8 Å². The number of fused-ring (bicyclic) bond motifs is 2. The normalized spacial score (nSPS) is 27.9. The Kier molecular flexibility index (Phi) is 8.78. The summed E-state index contributed by atoms with van der Waals surface area (Å²) in [6.45, 7) is 4.12. The molecule has 4 amide bonds. The molecule has 6 atom stereocenters. The number of nitrogens with one attached hydrogen (secondary N) is 3. The third-order valence-corrected chi connectivity index (χ3v) is 9.85. The fourth-order valence-electron chi connectivity index (χ4n) is 7.56. The van der Waals surface area contributed by atoms with Crippen LogP contribution < -0.4 is 16.0 Å². The minimum Gasteiger partial charge on any atom is -0.349 e. The highest BCUT2D eigenvalue weighted by Gasteiger charge is 2.55. The van der Waals surface area contributed by atoms with Crippen LogP contribution in [0.1, 0.15) is 82.4 Å². The smallest absolute Gasteiger partial charge is 0.245 e. The summed E-state index contributed by atoms with van der Waals surface area (Å²) in [6, 6.07) is 6.59. The van der Waals surface area contributed by atoms with Crippen molar-refractivity contribution in [2.45, 2.75) is 102 Å². The number of likely N-dealkylation sites (tertiary alicyclic amines) is 2. The molecular formula is C31H45N5O4. The van der Waals surface area contributed by atoms with Crippen LogP contribution >= 0.6 is 0 Å². The molecule has 1 saturated carbocycles. The molecule has 218 valence electrons. The second kappa shape index (κ2) is 12.3. The van der Waals surface area contributed by atoms with Crippen molar-refractivity contribution >= 4 is 23.6 Å². The molecule has 5 rings (SSSR count). The van der Waals surface area contributed by atoms with Gasteiger partial charge in [-0.3, -0.25) is 19.2 Å². The molecule has 4 aliphatic rings. The van der Waals surface area contributed by atoms with E-state index in [4.69, 9.17) is 0 Å². The van der Waals surface area contributed by atoms with Crippen LogP contribution in [-0.2, 0) is 25.6 Å². The highest BCUT2D eigenvalue weighted by atomic mass is 16.2. The first-order chi connectivity index (χ1) is 19.3. The molecule has 0 bridgehead atoms. The molecule has 2 saturated heterocycles. The van der Waals surface area contributed by atoms with E-state index in [0.717, 1.165) is 56.9 Å². The van der Waals surface area contributed by atoms with Gasteiger partial charge in [0.25, 0.3) is 0 Å². The number of benzene rings is 1. The third kappa shape index (κ3) is 5.62. The van der Waals surface area contributed by atoms with Gasteiger partial charge in [-0.15, -0.1) is 0 Å². The number of likely N-dealkylation sites (N-methyl/N-ethyl adjacent to an activating group) is 1. The third-order valence-electron chi connectivity index (χ3n) is 9.85. The summed E-state index contributed by atoms with van der Waals surface area (Å²) in [6.07, 6.45) is 8.58. The van der Waals surface area contributed by atoms with E-state index in [1.54, 1.807) is 25.8 Å². The molecule has 0 aromatic heterocycles. The van der Waals surface area contributed by atoms with Crippen LogP contribution in [0.25, 0.3) is 0 Å². The van der Waals surface area contributed by atoms with Crippen LogP contribution in [0.3, 0.4) is 0 Å². The van der Waals surface area contributed by atoms with E-state index in [9.17, 15) is 19.2 Å². The zero-order valence-electron chi connectivity index (χ0n) is 24.2. The number of carbonyl (C=O) groups is 4. The van der Waals surface area contributed by atoms with Gasteiger partial charge in [-0.1, -0.05) is 43.5 Å². The summed E-state index contributed by atoms with van der Waals surface area (Å²) in [5.41, 5.74) is 2.44. The molecule has 0 radical (unpaired) electrons. The van der Waals surface area contributed by atoms with Gasteiger partial charge in [-0.2, -0.15) is 0 Å². The van der Waals surface area contributed by atoms with Crippen molar-refractivity contribution in [1.29, 1.82) is 0 Å². The van der Waals surface area contributed by atoms with Crippen LogP contribution in [0.15, 0.2) is 24.3 Å². The second-order valence-corrected chi connectivity index (χ2v) is 12.2. The largest absolute Gasteiger partial charge is 0.349 e. The SMILES string of the molecule is CN[C@H](C)C(=O)N[C@H](C(=O)N1CC[C@@H]2[C@H]1[C@@H](C(=O)N[C@@H]1CCCc3ccccc31)CN2C(C)=O)C1CCCCC1. The molecule has 2 aliphatic heterocycles. The molecule has 1 aromatic carbocycles. The molecule has 1 aromatic rings. The van der Waals surface area contributed by atoms with E-state index in [2.05, 4.69) is 28.1 Å². The summed E-state index contributed by atoms with van der Waals surface area (Å²) < 4.78 is 0. The van der Waals surface area contributed by atoms with E-state index in [1.807, 2.05) is 17.0 Å². The van der Waals surface area contributed by atoms with Crippen molar-refractivity contribution in [3.05, 3.63) is 35.4 Å². The van der Waals surface area contributed by atoms with E-state index in [-0.39, 0.29) is 47.7 Å². The van der Waals surface area contributed by atoms with Crippen LogP contribution in [0.4, 0.5) is 0 Å². The highest BCUT2D eigenvalue weighted by Crippen LogP contribution is 2.39. The zero-order chi connectivity index (χ0) is 28.4. The van der Waals surface area contributed by atoms with Crippen LogP contribution in [0.5, 0.6) is 0 Å². The van der Waals surface area contributed by atoms with Gasteiger partial charge in [0.2, 0.25) is 23.6 Å². The monoisotopic (exact) mass is 551 g/mol. The fraction of sp³-hybridized carbons (Fsp3) is 0.677. The van der Waals surface area contributed by atoms with E-state index < -0.39 is 18.0 Å². The Hall–Kier alpha value is -2.94. The van der Waals surface area contributed by atoms with Gasteiger partial charge in [0.1, 0.15) is 6.04 Å². The summed E-state index contributed by atoms with van der Waals surface area (Å²) in [5.74, 6) is -0.894. The summed E-state index contributed by atoms with van der Waals surface area (Å²) >= 11 is 0. The van der Waals surface area contributed by atoms with Gasteiger partial charge in [0.15, 0.2) is 0 Å². The fourth-order valence-corrected chi connectivity index (χ4v) is 7.56. The van der Waals surface area contributed by atoms with Gasteiger partial charge in [-0.25, -0.2) is 0 Å². The molecular weight excluding hydrogens is 506 g/mol. The molecule has 2 heterocycles. The van der Waals surface area contributed by atoms with Crippen LogP contribution in [0.2, 0.25) is 0 Å². The second-order valence-electron chi connectivity index (χ2n) is 12.2. The van der Waals surface area contributed by atoms with Crippen molar-refractivity contribution in [2.24, 2.45) is 11.8 Å². The van der Waals surface area contributed by atoms with Gasteiger partial charge >= 0.3 is 0 Å². The first-order valence-electron chi connectivity index (χ1n) is 15.2. The lowest BCUT2D eigenvalue weighted by Gasteiger charge is -2.36. The topological polar surface area (TPSA) is 111 Å². The lowest BCUT2D eigenvalue weighted by Crippen LogP contribution is -2.58. The summed E-state index contributed by atoms with van der Waals surface area (Å²) in [4.78, 5) is 57.4. The Labute approximate surface area is 237 Å². The Morgan fingerprint density at radius 3 is 2.42 bits per heavy atom. The number of nitrogens with zero attached hydrogens (tertiary/aromatic N) is 2. The maximum atomic E-state index is 14.3. The van der Waals surface area contributed by atoms with E-state index in [1.165, 1.54) is 5.56 Å². The molecule has 2 aliphatic carbocycles. The summed E-state index contributed by atoms with van der Waals surface area (Å²) in [5, 5.41) is 9.35. The van der Waals surface area contributed by atoms with Crippen molar-refractivity contribution in [3.8, 4) is 0 Å². The summed E-state index contributed by atoms with van der Waals surface area (Å²) in [7, 11) is 1.73. The standard InChI is InChI=1S/C31H45N5O4/c1-19(32-3)29(38)34-27(22-11-5-4-6-12-22)31(40)35-17-16-26-28(35)24(18-36(26)20(2)37)30(39)33-25-15-9-13-21-10-7-8-14-23(21)25/h7-8,10,14,19,22,24-28,32H,4-6,9,11-13,15-18H2,1-3H3,(H,33,39)(H,34,38)/t19-,24+,25-,26-,27+,28-/m1/s1. The van der Waals surface area contributed by atoms with Gasteiger partial charge in [0.05, 0.1) is 30.1 Å². The maximum Gasteiger partial charge on any atom is 0.245 e. The molecule has 3 N–H and O–H groups in total. The van der Waals surface area contributed by atoms with E-state index >= 15 is 0 Å². The van der Waals surface area contributed by atoms with Crippen LogP contribution in [-0.4, -0.2) is 77.7 Å². The number of amides is 4. The van der Waals surface area contributed by atoms with Gasteiger partial charge in [-0.05, 0) is 69.5 Å². The average Bonchev–Trinajstić information content (AvgIpc) is 3.57. The number of rotatable bonds is 7. The number of hydrogen-bond donors (Lipinski definition) is 3. The Bertz CT molecular complexity index is 1120. The number of aryl methyl sites for hydroxylation is 1. The van der Waals surface area contributed by atoms with Gasteiger partial charge in [0, 0.05) is 20.0 Å². The Morgan fingerprint density at radius 1 is 0.950 bits per heavy atom. The lowest BCUT2D eigenvalue weighted by atomic mass is 9.83. The molecule has 40 heavy (non-hydrogen) atoms. The molecule has 9 heteroatoms. The quantitative estimate of drug-likeness (QED) is 0.482. The highest BCUT2D eigenvalue weighted by molar-refractivity contribution is 5.91. The average molecular weight is 552 g/mol. The minimum absolute atomic E-state index is 0.0647. The first kappa shape index (κ1) is 28.6.